The number of benzene rings is 1. The van der Waals surface area contributed by atoms with E-state index in [2.05, 4.69) is 6.92 Å². The molecule has 2 aliphatic rings. The van der Waals surface area contributed by atoms with Crippen LogP contribution in [0.3, 0.4) is 0 Å². The van der Waals surface area contributed by atoms with Crippen molar-refractivity contribution in [1.82, 2.24) is 10.0 Å². The van der Waals surface area contributed by atoms with Crippen molar-refractivity contribution in [3.8, 4) is 0 Å². The summed E-state index contributed by atoms with van der Waals surface area (Å²) < 4.78 is 0. The monoisotopic (exact) mass is 314 g/mol. The molecule has 3 rings (SSSR count). The van der Waals surface area contributed by atoms with Gasteiger partial charge in [-0.15, -0.1) is 0 Å². The summed E-state index contributed by atoms with van der Waals surface area (Å²) in [6.07, 6.45) is 6.20. The van der Waals surface area contributed by atoms with Crippen molar-refractivity contribution < 1.29 is 9.59 Å². The Morgan fingerprint density at radius 1 is 1.04 bits per heavy atom. The van der Waals surface area contributed by atoms with Gasteiger partial charge in [0, 0.05) is 13.0 Å². The molecule has 1 saturated carbocycles. The van der Waals surface area contributed by atoms with E-state index >= 15 is 0 Å². The SMILES string of the molecule is CCCCN1C(=O)CC2(CCCC2)C(=O)N1Cc1ccccc1. The Morgan fingerprint density at radius 2 is 1.74 bits per heavy atom. The van der Waals surface area contributed by atoms with E-state index in [1.165, 1.54) is 0 Å². The number of carbonyl (C=O) groups excluding carboxylic acids is 2. The topological polar surface area (TPSA) is 40.6 Å². The molecule has 0 radical (unpaired) electrons. The molecule has 0 N–H and O–H groups in total. The molecule has 2 amide bonds. The number of unbranched alkanes of at least 4 members (excludes halogenated alkanes) is 1. The molecule has 1 aromatic carbocycles. The van der Waals surface area contributed by atoms with Gasteiger partial charge in [-0.25, -0.2) is 5.01 Å². The second-order valence-electron chi connectivity index (χ2n) is 6.88. The molecule has 0 bridgehead atoms. The first kappa shape index (κ1) is 16.0. The first-order valence-corrected chi connectivity index (χ1v) is 8.82. The van der Waals surface area contributed by atoms with E-state index in [0.29, 0.717) is 19.5 Å². The van der Waals surface area contributed by atoms with E-state index in [1.807, 2.05) is 30.3 Å². The molecule has 2 fully saturated rings. The van der Waals surface area contributed by atoms with Crippen LogP contribution in [0.1, 0.15) is 57.4 Å². The molecule has 1 aliphatic carbocycles. The zero-order valence-corrected chi connectivity index (χ0v) is 14.0. The van der Waals surface area contributed by atoms with Gasteiger partial charge in [-0.05, 0) is 24.8 Å². The van der Waals surface area contributed by atoms with E-state index in [1.54, 1.807) is 10.0 Å². The number of hydrogen-bond donors (Lipinski definition) is 0. The molecule has 23 heavy (non-hydrogen) atoms. The zero-order valence-electron chi connectivity index (χ0n) is 14.0. The Labute approximate surface area is 138 Å². The molecule has 4 heteroatoms. The van der Waals surface area contributed by atoms with E-state index in [4.69, 9.17) is 0 Å². The molecule has 1 aromatic rings. The quantitative estimate of drug-likeness (QED) is 0.834. The molecule has 124 valence electrons. The van der Waals surface area contributed by atoms with Crippen LogP contribution in [0.15, 0.2) is 30.3 Å². The summed E-state index contributed by atoms with van der Waals surface area (Å²) >= 11 is 0. The average Bonchev–Trinajstić information content (AvgIpc) is 3.02. The van der Waals surface area contributed by atoms with E-state index in [0.717, 1.165) is 44.1 Å². The lowest BCUT2D eigenvalue weighted by atomic mass is 9.79. The van der Waals surface area contributed by atoms with Crippen LogP contribution in [0.25, 0.3) is 0 Å². The van der Waals surface area contributed by atoms with Crippen molar-refractivity contribution in [3.05, 3.63) is 35.9 Å². The standard InChI is InChI=1S/C19H26N2O2/c1-2-3-13-20-17(22)14-19(11-7-8-12-19)18(23)21(20)15-16-9-5-4-6-10-16/h4-6,9-10H,2-3,7-8,11-15H2,1H3. The van der Waals surface area contributed by atoms with Crippen LogP contribution in [0, 0.1) is 5.41 Å². The molecule has 0 unspecified atom stereocenters. The van der Waals surface area contributed by atoms with Crippen LogP contribution in [-0.2, 0) is 16.1 Å². The highest BCUT2D eigenvalue weighted by molar-refractivity contribution is 5.94. The summed E-state index contributed by atoms with van der Waals surface area (Å²) in [4.78, 5) is 25.9. The maximum atomic E-state index is 13.2. The second kappa shape index (κ2) is 6.73. The Bertz CT molecular complexity index is 564. The highest BCUT2D eigenvalue weighted by Crippen LogP contribution is 2.46. The smallest absolute Gasteiger partial charge is 0.248 e. The minimum absolute atomic E-state index is 0.121. The third-order valence-electron chi connectivity index (χ3n) is 5.22. The molecular weight excluding hydrogens is 288 g/mol. The minimum Gasteiger partial charge on any atom is -0.273 e. The van der Waals surface area contributed by atoms with Crippen LogP contribution in [0.2, 0.25) is 0 Å². The molecule has 1 aliphatic heterocycles. The molecule has 0 atom stereocenters. The highest BCUT2D eigenvalue weighted by atomic mass is 16.2. The largest absolute Gasteiger partial charge is 0.273 e. The highest BCUT2D eigenvalue weighted by Gasteiger charge is 2.51. The number of nitrogens with zero attached hydrogens (tertiary/aromatic N) is 2. The van der Waals surface area contributed by atoms with Gasteiger partial charge < -0.3 is 0 Å². The fourth-order valence-electron chi connectivity index (χ4n) is 3.88. The predicted octanol–water partition coefficient (Wildman–Crippen LogP) is 3.52. The fraction of sp³-hybridized carbons (Fsp3) is 0.579. The summed E-state index contributed by atoms with van der Waals surface area (Å²) in [5.74, 6) is 0.283. The van der Waals surface area contributed by atoms with Crippen LogP contribution < -0.4 is 0 Å². The van der Waals surface area contributed by atoms with Crippen LogP contribution in [0.5, 0.6) is 0 Å². The summed E-state index contributed by atoms with van der Waals surface area (Å²) in [7, 11) is 0. The van der Waals surface area contributed by atoms with E-state index in [-0.39, 0.29) is 11.8 Å². The third kappa shape index (κ3) is 3.12. The lowest BCUT2D eigenvalue weighted by molar-refractivity contribution is -0.185. The van der Waals surface area contributed by atoms with Gasteiger partial charge >= 0.3 is 0 Å². The first-order chi connectivity index (χ1) is 11.2. The van der Waals surface area contributed by atoms with Crippen molar-refractivity contribution in [2.24, 2.45) is 5.41 Å². The van der Waals surface area contributed by atoms with Gasteiger partial charge in [-0.2, -0.15) is 0 Å². The van der Waals surface area contributed by atoms with Gasteiger partial charge in [0.15, 0.2) is 0 Å². The van der Waals surface area contributed by atoms with Gasteiger partial charge in [0.05, 0.1) is 12.0 Å². The molecule has 0 aromatic heterocycles. The number of hydrazine groups is 1. The average molecular weight is 314 g/mol. The van der Waals surface area contributed by atoms with Crippen molar-refractivity contribution in [2.75, 3.05) is 6.54 Å². The predicted molar refractivity (Wildman–Crippen MR) is 89.1 cm³/mol. The number of hydrogen-bond acceptors (Lipinski definition) is 2. The van der Waals surface area contributed by atoms with Crippen LogP contribution in [-0.4, -0.2) is 28.4 Å². The molecule has 1 saturated heterocycles. The third-order valence-corrected chi connectivity index (χ3v) is 5.22. The maximum absolute atomic E-state index is 13.2. The summed E-state index contributed by atoms with van der Waals surface area (Å²) in [5.41, 5.74) is 0.652. The lowest BCUT2D eigenvalue weighted by Gasteiger charge is -2.46. The van der Waals surface area contributed by atoms with Gasteiger partial charge in [-0.1, -0.05) is 56.5 Å². The first-order valence-electron chi connectivity index (χ1n) is 8.82. The Morgan fingerprint density at radius 3 is 2.39 bits per heavy atom. The number of rotatable bonds is 5. The van der Waals surface area contributed by atoms with E-state index in [9.17, 15) is 9.59 Å². The van der Waals surface area contributed by atoms with Crippen molar-refractivity contribution in [1.29, 1.82) is 0 Å². The molecule has 1 spiro atoms. The van der Waals surface area contributed by atoms with E-state index < -0.39 is 5.41 Å². The zero-order chi connectivity index (χ0) is 16.3. The molecular formula is C19H26N2O2. The normalized spacial score (nSPS) is 20.6. The number of amides is 2. The van der Waals surface area contributed by atoms with Gasteiger partial charge in [-0.3, -0.25) is 14.6 Å². The molecule has 4 nitrogen and oxygen atoms in total. The van der Waals surface area contributed by atoms with Gasteiger partial charge in [0.25, 0.3) is 0 Å². The van der Waals surface area contributed by atoms with Crippen LogP contribution in [0.4, 0.5) is 0 Å². The van der Waals surface area contributed by atoms with Crippen molar-refractivity contribution in [3.63, 3.8) is 0 Å². The Balaban J connectivity index is 1.87. The maximum Gasteiger partial charge on any atom is 0.248 e. The summed E-state index contributed by atoms with van der Waals surface area (Å²) in [6, 6.07) is 9.97. The second-order valence-corrected chi connectivity index (χ2v) is 6.88. The Kier molecular flexibility index (Phi) is 4.69. The lowest BCUT2D eigenvalue weighted by Crippen LogP contribution is -2.60. The molecule has 1 heterocycles. The van der Waals surface area contributed by atoms with Gasteiger partial charge in [0.1, 0.15) is 0 Å². The number of carbonyl (C=O) groups is 2. The van der Waals surface area contributed by atoms with Crippen molar-refractivity contribution in [2.45, 2.75) is 58.4 Å². The minimum atomic E-state index is -0.422. The summed E-state index contributed by atoms with van der Waals surface area (Å²) in [5, 5.41) is 3.45. The van der Waals surface area contributed by atoms with Crippen LogP contribution >= 0.6 is 0 Å². The Hall–Kier alpha value is -1.84. The summed E-state index contributed by atoms with van der Waals surface area (Å²) in [6.45, 7) is 3.25. The fourth-order valence-corrected chi connectivity index (χ4v) is 3.88. The van der Waals surface area contributed by atoms with Gasteiger partial charge in [0.2, 0.25) is 11.8 Å². The van der Waals surface area contributed by atoms with Crippen molar-refractivity contribution >= 4 is 11.8 Å².